The van der Waals surface area contributed by atoms with Crippen LogP contribution in [0, 0.1) is 13.8 Å². The fourth-order valence-electron chi connectivity index (χ4n) is 4.65. The SMILES string of the molecule is Cc1ccc(S(=O)(=O)N2CCN(c3ncnc4sc5c(c34)CCCCC5)CC2)cc1C. The van der Waals surface area contributed by atoms with E-state index in [9.17, 15) is 8.42 Å². The molecular weight excluding hydrogens is 428 g/mol. The van der Waals surface area contributed by atoms with E-state index in [1.165, 1.54) is 35.1 Å². The molecule has 3 aromatic rings. The summed E-state index contributed by atoms with van der Waals surface area (Å²) in [6.07, 6.45) is 7.63. The van der Waals surface area contributed by atoms with E-state index in [2.05, 4.69) is 14.9 Å². The van der Waals surface area contributed by atoms with Gasteiger partial charge in [0, 0.05) is 31.1 Å². The quantitative estimate of drug-likeness (QED) is 0.556. The third kappa shape index (κ3) is 3.75. The van der Waals surface area contributed by atoms with Crippen molar-refractivity contribution < 1.29 is 8.42 Å². The zero-order valence-electron chi connectivity index (χ0n) is 18.1. The predicted octanol–water partition coefficient (Wildman–Crippen LogP) is 4.09. The van der Waals surface area contributed by atoms with Crippen LogP contribution in [0.5, 0.6) is 0 Å². The van der Waals surface area contributed by atoms with Crippen molar-refractivity contribution in [3.8, 4) is 0 Å². The van der Waals surface area contributed by atoms with Crippen LogP contribution in [0.25, 0.3) is 10.2 Å². The van der Waals surface area contributed by atoms with Crippen LogP contribution in [0.4, 0.5) is 5.82 Å². The summed E-state index contributed by atoms with van der Waals surface area (Å²) in [7, 11) is -3.48. The van der Waals surface area contributed by atoms with Crippen LogP contribution in [-0.2, 0) is 22.9 Å². The molecule has 5 rings (SSSR count). The molecule has 2 aliphatic rings. The minimum atomic E-state index is -3.48. The molecule has 1 fully saturated rings. The molecule has 0 N–H and O–H groups in total. The second-order valence-electron chi connectivity index (χ2n) is 8.58. The molecule has 0 saturated carbocycles. The van der Waals surface area contributed by atoms with Gasteiger partial charge in [0.2, 0.25) is 10.0 Å². The highest BCUT2D eigenvalue weighted by atomic mass is 32.2. The van der Waals surface area contributed by atoms with Crippen molar-refractivity contribution in [1.82, 2.24) is 14.3 Å². The molecule has 31 heavy (non-hydrogen) atoms. The number of piperazine rings is 1. The molecule has 0 unspecified atom stereocenters. The Morgan fingerprint density at radius 1 is 0.935 bits per heavy atom. The van der Waals surface area contributed by atoms with Gasteiger partial charge in [0.1, 0.15) is 17.0 Å². The van der Waals surface area contributed by atoms with Crippen molar-refractivity contribution in [3.05, 3.63) is 46.1 Å². The Labute approximate surface area is 188 Å². The van der Waals surface area contributed by atoms with E-state index in [0.717, 1.165) is 34.6 Å². The maximum Gasteiger partial charge on any atom is 0.243 e. The third-order valence-electron chi connectivity index (χ3n) is 6.64. The number of benzene rings is 1. The largest absolute Gasteiger partial charge is 0.353 e. The number of anilines is 1. The van der Waals surface area contributed by atoms with E-state index >= 15 is 0 Å². The standard InChI is InChI=1S/C23H28N4O2S2/c1-16-8-9-18(14-17(16)2)31(28,29)27-12-10-26(11-13-27)22-21-19-6-4-3-5-7-20(19)30-23(21)25-15-24-22/h8-9,14-15H,3-7,10-13H2,1-2H3. The summed E-state index contributed by atoms with van der Waals surface area (Å²) in [6.45, 7) is 6.16. The first kappa shape index (κ1) is 20.8. The minimum absolute atomic E-state index is 0.386. The molecule has 1 saturated heterocycles. The molecule has 1 aliphatic heterocycles. The van der Waals surface area contributed by atoms with Crippen LogP contribution in [-0.4, -0.2) is 48.9 Å². The summed E-state index contributed by atoms with van der Waals surface area (Å²) in [6, 6.07) is 5.39. The normalized spacial score (nSPS) is 18.2. The molecule has 164 valence electrons. The highest BCUT2D eigenvalue weighted by Gasteiger charge is 2.30. The summed E-state index contributed by atoms with van der Waals surface area (Å²) < 4.78 is 28.0. The second-order valence-corrected chi connectivity index (χ2v) is 11.6. The lowest BCUT2D eigenvalue weighted by Gasteiger charge is -2.35. The summed E-state index contributed by atoms with van der Waals surface area (Å²) in [5, 5.41) is 1.20. The average molecular weight is 457 g/mol. The Hall–Kier alpha value is -2.03. The Balaban J connectivity index is 1.40. The smallest absolute Gasteiger partial charge is 0.243 e. The minimum Gasteiger partial charge on any atom is -0.353 e. The molecule has 6 nitrogen and oxygen atoms in total. The van der Waals surface area contributed by atoms with E-state index in [1.54, 1.807) is 22.8 Å². The van der Waals surface area contributed by atoms with Crippen LogP contribution in [0.3, 0.4) is 0 Å². The number of aromatic nitrogens is 2. The van der Waals surface area contributed by atoms with Crippen LogP contribution in [0.1, 0.15) is 40.8 Å². The molecule has 0 bridgehead atoms. The lowest BCUT2D eigenvalue weighted by atomic mass is 10.1. The van der Waals surface area contributed by atoms with Crippen molar-refractivity contribution >= 4 is 37.4 Å². The Kier molecular flexibility index (Phi) is 5.48. The highest BCUT2D eigenvalue weighted by Crippen LogP contribution is 2.39. The van der Waals surface area contributed by atoms with Gasteiger partial charge in [0.05, 0.1) is 10.3 Å². The Morgan fingerprint density at radius 3 is 2.48 bits per heavy atom. The number of hydrogen-bond donors (Lipinski definition) is 0. The van der Waals surface area contributed by atoms with E-state index in [-0.39, 0.29) is 0 Å². The average Bonchev–Trinajstić information content (AvgIpc) is 2.97. The van der Waals surface area contributed by atoms with E-state index in [1.807, 2.05) is 31.3 Å². The van der Waals surface area contributed by atoms with Crippen LogP contribution in [0.15, 0.2) is 29.4 Å². The van der Waals surface area contributed by atoms with Gasteiger partial charge in [-0.15, -0.1) is 11.3 Å². The second kappa shape index (κ2) is 8.15. The summed E-state index contributed by atoms with van der Waals surface area (Å²) >= 11 is 1.81. The molecule has 0 spiro atoms. The molecular formula is C23H28N4O2S2. The number of rotatable bonds is 3. The summed E-state index contributed by atoms with van der Waals surface area (Å²) in [5.41, 5.74) is 3.53. The van der Waals surface area contributed by atoms with Gasteiger partial charge >= 0.3 is 0 Å². The molecule has 3 heterocycles. The number of fused-ring (bicyclic) bond motifs is 3. The van der Waals surface area contributed by atoms with Gasteiger partial charge in [-0.1, -0.05) is 12.5 Å². The topological polar surface area (TPSA) is 66.4 Å². The van der Waals surface area contributed by atoms with E-state index in [0.29, 0.717) is 31.1 Å². The third-order valence-corrected chi connectivity index (χ3v) is 9.73. The zero-order valence-corrected chi connectivity index (χ0v) is 19.7. The number of hydrogen-bond acceptors (Lipinski definition) is 6. The summed E-state index contributed by atoms with van der Waals surface area (Å²) in [4.78, 5) is 14.4. The molecule has 0 atom stereocenters. The van der Waals surface area contributed by atoms with Crippen molar-refractivity contribution in [2.75, 3.05) is 31.1 Å². The molecule has 0 amide bonds. The number of thiophene rings is 1. The summed E-state index contributed by atoms with van der Waals surface area (Å²) in [5.74, 6) is 0.979. The van der Waals surface area contributed by atoms with Gasteiger partial charge in [-0.25, -0.2) is 18.4 Å². The maximum atomic E-state index is 13.2. The van der Waals surface area contributed by atoms with Gasteiger partial charge in [-0.2, -0.15) is 4.31 Å². The van der Waals surface area contributed by atoms with Crippen molar-refractivity contribution in [1.29, 1.82) is 0 Å². The van der Waals surface area contributed by atoms with Crippen molar-refractivity contribution in [2.45, 2.75) is 50.8 Å². The first-order chi connectivity index (χ1) is 14.9. The fourth-order valence-corrected chi connectivity index (χ4v) is 7.39. The van der Waals surface area contributed by atoms with Crippen molar-refractivity contribution in [3.63, 3.8) is 0 Å². The maximum absolute atomic E-state index is 13.2. The molecule has 1 aromatic carbocycles. The van der Waals surface area contributed by atoms with Gasteiger partial charge in [-0.3, -0.25) is 0 Å². The molecule has 0 radical (unpaired) electrons. The Bertz CT molecular complexity index is 1230. The highest BCUT2D eigenvalue weighted by molar-refractivity contribution is 7.89. The molecule has 2 aromatic heterocycles. The molecule has 8 heteroatoms. The lowest BCUT2D eigenvalue weighted by Crippen LogP contribution is -2.49. The molecule has 1 aliphatic carbocycles. The fraction of sp³-hybridized carbons (Fsp3) is 0.478. The van der Waals surface area contributed by atoms with Gasteiger partial charge in [-0.05, 0) is 68.4 Å². The van der Waals surface area contributed by atoms with Crippen molar-refractivity contribution in [2.24, 2.45) is 0 Å². The number of sulfonamides is 1. The van der Waals surface area contributed by atoms with Crippen LogP contribution < -0.4 is 4.90 Å². The number of nitrogens with zero attached hydrogens (tertiary/aromatic N) is 4. The van der Waals surface area contributed by atoms with E-state index in [4.69, 9.17) is 0 Å². The van der Waals surface area contributed by atoms with Gasteiger partial charge in [0.25, 0.3) is 0 Å². The Morgan fingerprint density at radius 2 is 1.71 bits per heavy atom. The van der Waals surface area contributed by atoms with Crippen LogP contribution >= 0.6 is 11.3 Å². The predicted molar refractivity (Wildman–Crippen MR) is 126 cm³/mol. The number of aryl methyl sites for hydroxylation is 4. The lowest BCUT2D eigenvalue weighted by molar-refractivity contribution is 0.384. The zero-order chi connectivity index (χ0) is 21.6. The first-order valence-electron chi connectivity index (χ1n) is 11.0. The van der Waals surface area contributed by atoms with Gasteiger partial charge in [0.15, 0.2) is 0 Å². The first-order valence-corrected chi connectivity index (χ1v) is 13.3. The van der Waals surface area contributed by atoms with Crippen LogP contribution in [0.2, 0.25) is 0 Å². The monoisotopic (exact) mass is 456 g/mol. The van der Waals surface area contributed by atoms with E-state index < -0.39 is 10.0 Å². The van der Waals surface area contributed by atoms with Gasteiger partial charge < -0.3 is 4.90 Å².